The van der Waals surface area contributed by atoms with Crippen LogP contribution in [0.3, 0.4) is 0 Å². The summed E-state index contributed by atoms with van der Waals surface area (Å²) in [6, 6.07) is 16.1. The summed E-state index contributed by atoms with van der Waals surface area (Å²) in [5.41, 5.74) is 3.32. The number of ether oxygens (including phenoxy) is 1. The van der Waals surface area contributed by atoms with E-state index in [4.69, 9.17) is 9.84 Å². The van der Waals surface area contributed by atoms with Gasteiger partial charge in [-0.05, 0) is 41.7 Å². The first kappa shape index (κ1) is 20.7. The normalized spacial score (nSPS) is 15.2. The maximum absolute atomic E-state index is 10.7. The number of imidazole rings is 1. The Labute approximate surface area is 182 Å². The van der Waals surface area contributed by atoms with Gasteiger partial charge in [-0.3, -0.25) is 4.79 Å². The topological polar surface area (TPSA) is 64.3 Å². The summed E-state index contributed by atoms with van der Waals surface area (Å²) in [6.45, 7) is 1.28. The molecule has 0 amide bonds. The van der Waals surface area contributed by atoms with Crippen molar-refractivity contribution in [3.05, 3.63) is 108 Å². The van der Waals surface area contributed by atoms with Crippen molar-refractivity contribution in [3.8, 4) is 5.75 Å². The molecule has 0 radical (unpaired) electrons. The zero-order chi connectivity index (χ0) is 21.5. The van der Waals surface area contributed by atoms with E-state index in [1.54, 1.807) is 0 Å². The number of rotatable bonds is 9. The third-order valence-electron chi connectivity index (χ3n) is 5.39. The van der Waals surface area contributed by atoms with Crippen molar-refractivity contribution in [1.29, 1.82) is 0 Å². The van der Waals surface area contributed by atoms with Gasteiger partial charge in [0.05, 0.1) is 0 Å². The van der Waals surface area contributed by atoms with Crippen LogP contribution >= 0.6 is 0 Å². The molecule has 1 atom stereocenters. The highest BCUT2D eigenvalue weighted by Crippen LogP contribution is 2.24. The van der Waals surface area contributed by atoms with Gasteiger partial charge in [-0.2, -0.15) is 0 Å². The number of hydrogen-bond donors (Lipinski definition) is 1. The Morgan fingerprint density at radius 1 is 1.03 bits per heavy atom. The van der Waals surface area contributed by atoms with Crippen LogP contribution in [0, 0.1) is 0 Å². The van der Waals surface area contributed by atoms with Crippen LogP contribution in [-0.4, -0.2) is 20.6 Å². The fraction of sp³-hybridized carbons (Fsp3) is 0.231. The van der Waals surface area contributed by atoms with Gasteiger partial charge in [0.1, 0.15) is 18.2 Å². The molecule has 0 spiro atoms. The van der Waals surface area contributed by atoms with Crippen LogP contribution in [0.15, 0.2) is 85.2 Å². The number of nitrogens with zero attached hydrogens (tertiary/aromatic N) is 2. The Kier molecular flexibility index (Phi) is 6.62. The van der Waals surface area contributed by atoms with Gasteiger partial charge in [-0.25, -0.2) is 4.98 Å². The smallest absolute Gasteiger partial charge is 0.303 e. The van der Waals surface area contributed by atoms with Gasteiger partial charge in [-0.15, -0.1) is 0 Å². The summed E-state index contributed by atoms with van der Waals surface area (Å²) in [7, 11) is 0. The van der Waals surface area contributed by atoms with Crippen molar-refractivity contribution >= 4 is 5.97 Å². The van der Waals surface area contributed by atoms with E-state index in [-0.39, 0.29) is 6.42 Å². The molecule has 1 aliphatic carbocycles. The fourth-order valence-corrected chi connectivity index (χ4v) is 3.66. The van der Waals surface area contributed by atoms with Crippen molar-refractivity contribution in [2.45, 2.75) is 38.3 Å². The minimum atomic E-state index is -0.781. The largest absolute Gasteiger partial charge is 0.489 e. The average molecular weight is 415 g/mol. The Bertz CT molecular complexity index is 1060. The molecule has 0 aliphatic heterocycles. The van der Waals surface area contributed by atoms with Crippen LogP contribution in [-0.2, 0) is 24.4 Å². The third kappa shape index (κ3) is 5.72. The van der Waals surface area contributed by atoms with Crippen LogP contribution in [0.25, 0.3) is 0 Å². The molecule has 5 nitrogen and oxygen atoms in total. The number of aryl methyl sites for hydroxylation is 1. The Hall–Kier alpha value is -3.60. The lowest BCUT2D eigenvalue weighted by Gasteiger charge is -2.15. The average Bonchev–Trinajstić information content (AvgIpc) is 3.26. The van der Waals surface area contributed by atoms with E-state index in [0.717, 1.165) is 35.7 Å². The molecule has 158 valence electrons. The SMILES string of the molecule is O=C(O)CCc1ccc(OCc2ccc(Cn3ccnc3C3C=CC=CC3)cc2)cc1. The summed E-state index contributed by atoms with van der Waals surface area (Å²) in [5, 5.41) is 8.77. The summed E-state index contributed by atoms with van der Waals surface area (Å²) >= 11 is 0. The van der Waals surface area contributed by atoms with Gasteiger partial charge in [0.2, 0.25) is 0 Å². The summed E-state index contributed by atoms with van der Waals surface area (Å²) in [4.78, 5) is 15.2. The highest BCUT2D eigenvalue weighted by atomic mass is 16.5. The number of hydrogen-bond acceptors (Lipinski definition) is 3. The number of aromatic nitrogens is 2. The lowest BCUT2D eigenvalue weighted by atomic mass is 10.00. The number of carboxylic acid groups (broad SMARTS) is 1. The zero-order valence-corrected chi connectivity index (χ0v) is 17.4. The second kappa shape index (κ2) is 9.94. The summed E-state index contributed by atoms with van der Waals surface area (Å²) in [5.74, 6) is 1.43. The van der Waals surface area contributed by atoms with E-state index >= 15 is 0 Å². The molecule has 1 aliphatic rings. The van der Waals surface area contributed by atoms with Crippen molar-refractivity contribution < 1.29 is 14.6 Å². The predicted molar refractivity (Wildman–Crippen MR) is 120 cm³/mol. The van der Waals surface area contributed by atoms with Crippen LogP contribution in [0.2, 0.25) is 0 Å². The molecule has 1 unspecified atom stereocenters. The van der Waals surface area contributed by atoms with Crippen LogP contribution < -0.4 is 4.74 Å². The van der Waals surface area contributed by atoms with Gasteiger partial charge in [0, 0.05) is 31.3 Å². The van der Waals surface area contributed by atoms with E-state index in [1.165, 1.54) is 5.56 Å². The number of carboxylic acids is 1. The van der Waals surface area contributed by atoms with Crippen molar-refractivity contribution in [2.24, 2.45) is 0 Å². The van der Waals surface area contributed by atoms with Gasteiger partial charge < -0.3 is 14.4 Å². The molecule has 31 heavy (non-hydrogen) atoms. The third-order valence-corrected chi connectivity index (χ3v) is 5.39. The second-order valence-corrected chi connectivity index (χ2v) is 7.71. The molecule has 0 saturated heterocycles. The Balaban J connectivity index is 1.31. The summed E-state index contributed by atoms with van der Waals surface area (Å²) < 4.78 is 8.09. The molecule has 0 fully saturated rings. The lowest BCUT2D eigenvalue weighted by Crippen LogP contribution is -2.09. The van der Waals surface area contributed by atoms with Gasteiger partial charge in [0.25, 0.3) is 0 Å². The quantitative estimate of drug-likeness (QED) is 0.527. The molecule has 1 N–H and O–H groups in total. The highest BCUT2D eigenvalue weighted by molar-refractivity contribution is 5.67. The first-order valence-corrected chi connectivity index (χ1v) is 10.5. The van der Waals surface area contributed by atoms with Gasteiger partial charge >= 0.3 is 5.97 Å². The number of carbonyl (C=O) groups is 1. The minimum absolute atomic E-state index is 0.140. The molecular formula is C26H26N2O3. The molecule has 1 heterocycles. The van der Waals surface area contributed by atoms with Crippen LogP contribution in [0.5, 0.6) is 5.75 Å². The molecule has 3 aromatic rings. The molecule has 1 aromatic heterocycles. The maximum Gasteiger partial charge on any atom is 0.303 e. The molecule has 2 aromatic carbocycles. The molecule has 0 bridgehead atoms. The number of benzene rings is 2. The Morgan fingerprint density at radius 2 is 1.77 bits per heavy atom. The van der Waals surface area contributed by atoms with E-state index in [2.05, 4.69) is 58.1 Å². The summed E-state index contributed by atoms with van der Waals surface area (Å²) in [6.07, 6.45) is 14.1. The van der Waals surface area contributed by atoms with Crippen LogP contribution in [0.4, 0.5) is 0 Å². The van der Waals surface area contributed by atoms with Crippen molar-refractivity contribution in [1.82, 2.24) is 9.55 Å². The zero-order valence-electron chi connectivity index (χ0n) is 17.4. The predicted octanol–water partition coefficient (Wildman–Crippen LogP) is 5.13. The minimum Gasteiger partial charge on any atom is -0.489 e. The fourth-order valence-electron chi connectivity index (χ4n) is 3.66. The van der Waals surface area contributed by atoms with Crippen LogP contribution in [0.1, 0.15) is 41.3 Å². The van der Waals surface area contributed by atoms with Gasteiger partial charge in [0.15, 0.2) is 0 Å². The van der Waals surface area contributed by atoms with Crippen molar-refractivity contribution in [3.63, 3.8) is 0 Å². The molecule has 5 heteroatoms. The van der Waals surface area contributed by atoms with Crippen molar-refractivity contribution in [2.75, 3.05) is 0 Å². The maximum atomic E-state index is 10.7. The van der Waals surface area contributed by atoms with E-state index < -0.39 is 5.97 Å². The molecule has 4 rings (SSSR count). The van der Waals surface area contributed by atoms with E-state index in [9.17, 15) is 4.79 Å². The molecular weight excluding hydrogens is 388 g/mol. The monoisotopic (exact) mass is 414 g/mol. The van der Waals surface area contributed by atoms with E-state index in [0.29, 0.717) is 18.9 Å². The van der Waals surface area contributed by atoms with Gasteiger partial charge in [-0.1, -0.05) is 60.7 Å². The number of allylic oxidation sites excluding steroid dienone is 4. The highest BCUT2D eigenvalue weighted by Gasteiger charge is 2.14. The molecule has 0 saturated carbocycles. The lowest BCUT2D eigenvalue weighted by molar-refractivity contribution is -0.136. The first-order chi connectivity index (χ1) is 15.2. The van der Waals surface area contributed by atoms with E-state index in [1.807, 2.05) is 36.7 Å². The standard InChI is InChI=1S/C26H26N2O3/c29-25(30)15-12-20-10-13-24(14-11-20)31-19-22-8-6-21(7-9-22)18-28-17-16-27-26(28)23-4-2-1-3-5-23/h1-4,6-11,13-14,16-17,23H,5,12,15,18-19H2,(H,29,30). The second-order valence-electron chi connectivity index (χ2n) is 7.71. The first-order valence-electron chi connectivity index (χ1n) is 10.5. The Morgan fingerprint density at radius 3 is 2.48 bits per heavy atom. The number of aliphatic carboxylic acids is 1.